The van der Waals surface area contributed by atoms with Crippen LogP contribution >= 0.6 is 0 Å². The fraction of sp³-hybridized carbons (Fsp3) is 0.462. The van der Waals surface area contributed by atoms with Gasteiger partial charge in [-0.3, -0.25) is 14.6 Å². The second-order valence-electron chi connectivity index (χ2n) is 8.93. The van der Waals surface area contributed by atoms with Gasteiger partial charge in [-0.05, 0) is 42.0 Å². The minimum absolute atomic E-state index is 0.121. The number of nitrogens with one attached hydrogen (secondary N) is 2. The monoisotopic (exact) mass is 499 g/mol. The van der Waals surface area contributed by atoms with Crippen molar-refractivity contribution >= 4 is 17.6 Å². The third-order valence-electron chi connectivity index (χ3n) is 6.28. The molecule has 2 saturated heterocycles. The zero-order valence-corrected chi connectivity index (χ0v) is 20.5. The van der Waals surface area contributed by atoms with Gasteiger partial charge in [-0.15, -0.1) is 0 Å². The number of urea groups is 1. The van der Waals surface area contributed by atoms with Crippen molar-refractivity contribution in [3.63, 3.8) is 0 Å². The summed E-state index contributed by atoms with van der Waals surface area (Å²) in [6.07, 6.45) is 0. The molecule has 2 aromatic rings. The van der Waals surface area contributed by atoms with Crippen LogP contribution in [0.5, 0.6) is 5.75 Å². The van der Waals surface area contributed by atoms with Crippen molar-refractivity contribution in [3.05, 3.63) is 59.9 Å². The maximum Gasteiger partial charge on any atom is 0.317 e. The first-order valence-corrected chi connectivity index (χ1v) is 12.4. The normalized spacial score (nSPS) is 17.0. The highest BCUT2D eigenvalue weighted by atomic mass is 19.1. The van der Waals surface area contributed by atoms with Crippen LogP contribution < -0.4 is 15.4 Å². The Kier molecular flexibility index (Phi) is 9.48. The lowest BCUT2D eigenvalue weighted by Gasteiger charge is -2.34. The van der Waals surface area contributed by atoms with E-state index >= 15 is 0 Å². The Morgan fingerprint density at radius 2 is 1.69 bits per heavy atom. The van der Waals surface area contributed by atoms with Crippen LogP contribution in [0.25, 0.3) is 0 Å². The van der Waals surface area contributed by atoms with Gasteiger partial charge in [0.05, 0.1) is 19.8 Å². The number of anilines is 1. The van der Waals surface area contributed by atoms with E-state index in [1.54, 1.807) is 4.90 Å². The zero-order chi connectivity index (χ0) is 25.2. The number of carbonyl (C=O) groups excluding carboxylic acids is 2. The van der Waals surface area contributed by atoms with E-state index in [2.05, 4.69) is 15.5 Å². The molecule has 0 saturated carbocycles. The average Bonchev–Trinajstić information content (AvgIpc) is 2.90. The molecule has 0 radical (unpaired) electrons. The van der Waals surface area contributed by atoms with Crippen LogP contribution in [0.2, 0.25) is 0 Å². The lowest BCUT2D eigenvalue weighted by molar-refractivity contribution is -0.117. The summed E-state index contributed by atoms with van der Waals surface area (Å²) in [7, 11) is 0. The summed E-state index contributed by atoms with van der Waals surface area (Å²) < 4.78 is 24.3. The molecule has 0 aliphatic carbocycles. The molecule has 10 heteroatoms. The van der Waals surface area contributed by atoms with E-state index in [-0.39, 0.29) is 24.3 Å². The number of carbonyl (C=O) groups is 2. The van der Waals surface area contributed by atoms with Gasteiger partial charge in [0.15, 0.2) is 0 Å². The predicted molar refractivity (Wildman–Crippen MR) is 134 cm³/mol. The molecule has 36 heavy (non-hydrogen) atoms. The first-order valence-electron chi connectivity index (χ1n) is 12.4. The molecule has 0 bridgehead atoms. The first kappa shape index (κ1) is 25.9. The Morgan fingerprint density at radius 1 is 0.944 bits per heavy atom. The largest absolute Gasteiger partial charge is 0.492 e. The van der Waals surface area contributed by atoms with Gasteiger partial charge in [0.1, 0.15) is 18.2 Å². The van der Waals surface area contributed by atoms with E-state index in [4.69, 9.17) is 9.47 Å². The fourth-order valence-corrected chi connectivity index (χ4v) is 4.20. The van der Waals surface area contributed by atoms with Gasteiger partial charge >= 0.3 is 6.03 Å². The molecule has 2 fully saturated rings. The molecule has 2 aliphatic heterocycles. The summed E-state index contributed by atoms with van der Waals surface area (Å²) in [5.41, 5.74) is 1.54. The molecule has 3 amide bonds. The molecule has 2 aromatic carbocycles. The van der Waals surface area contributed by atoms with Gasteiger partial charge in [0.25, 0.3) is 0 Å². The number of halogens is 1. The van der Waals surface area contributed by atoms with E-state index < -0.39 is 0 Å². The molecule has 0 unspecified atom stereocenters. The molecular formula is C26H34FN5O4. The number of amides is 3. The van der Waals surface area contributed by atoms with Crippen molar-refractivity contribution in [2.75, 3.05) is 77.5 Å². The van der Waals surface area contributed by atoms with Crippen LogP contribution in [-0.4, -0.2) is 98.8 Å². The molecule has 194 valence electrons. The maximum atomic E-state index is 13.0. The summed E-state index contributed by atoms with van der Waals surface area (Å²) in [5.74, 6) is 0.289. The summed E-state index contributed by atoms with van der Waals surface area (Å²) in [5, 5.41) is 5.74. The Bertz CT molecular complexity index is 992. The Balaban J connectivity index is 1.13. The van der Waals surface area contributed by atoms with E-state index in [0.717, 1.165) is 44.2 Å². The van der Waals surface area contributed by atoms with Crippen LogP contribution in [0.1, 0.15) is 5.56 Å². The van der Waals surface area contributed by atoms with Gasteiger partial charge in [-0.25, -0.2) is 9.18 Å². The molecule has 9 nitrogen and oxygen atoms in total. The molecule has 0 atom stereocenters. The number of hydrogen-bond acceptors (Lipinski definition) is 6. The summed E-state index contributed by atoms with van der Waals surface area (Å²) in [6.45, 7) is 7.85. The lowest BCUT2D eigenvalue weighted by Crippen LogP contribution is -2.52. The molecule has 0 spiro atoms. The molecule has 0 aromatic heterocycles. The highest BCUT2D eigenvalue weighted by molar-refractivity contribution is 5.92. The van der Waals surface area contributed by atoms with Crippen LogP contribution in [0.3, 0.4) is 0 Å². The number of nitrogens with zero attached hydrogens (tertiary/aromatic N) is 3. The van der Waals surface area contributed by atoms with Crippen molar-refractivity contribution < 1.29 is 23.5 Å². The van der Waals surface area contributed by atoms with Crippen molar-refractivity contribution in [1.82, 2.24) is 20.0 Å². The average molecular weight is 500 g/mol. The van der Waals surface area contributed by atoms with Crippen LogP contribution in [-0.2, 0) is 16.1 Å². The van der Waals surface area contributed by atoms with E-state index in [1.165, 1.54) is 24.3 Å². The second kappa shape index (κ2) is 13.2. The number of piperazine rings is 1. The SMILES string of the molecule is O=C(CN1CCN(C(=O)NCc2cccc(OCCN3CCOCC3)c2)CC1)Nc1ccc(F)cc1. The lowest BCUT2D eigenvalue weighted by atomic mass is 10.2. The van der Waals surface area contributed by atoms with Crippen LogP contribution in [0.4, 0.5) is 14.9 Å². The van der Waals surface area contributed by atoms with Gasteiger partial charge in [-0.2, -0.15) is 0 Å². The van der Waals surface area contributed by atoms with Crippen molar-refractivity contribution in [3.8, 4) is 5.75 Å². The first-order chi connectivity index (χ1) is 17.5. The minimum atomic E-state index is -0.345. The summed E-state index contributed by atoms with van der Waals surface area (Å²) in [6, 6.07) is 13.3. The predicted octanol–water partition coefficient (Wildman–Crippen LogP) is 2.00. The van der Waals surface area contributed by atoms with Crippen LogP contribution in [0.15, 0.2) is 48.5 Å². The van der Waals surface area contributed by atoms with E-state index in [0.29, 0.717) is 45.0 Å². The fourth-order valence-electron chi connectivity index (χ4n) is 4.20. The summed E-state index contributed by atoms with van der Waals surface area (Å²) in [4.78, 5) is 31.0. The number of hydrogen-bond donors (Lipinski definition) is 2. The Labute approximate surface area is 211 Å². The number of ether oxygens (including phenoxy) is 2. The standard InChI is InChI=1S/C26H34FN5O4/c27-22-4-6-23(7-5-22)29-25(33)20-31-8-10-32(11-9-31)26(34)28-19-21-2-1-3-24(18-21)36-17-14-30-12-15-35-16-13-30/h1-7,18H,8-17,19-20H2,(H,28,34)(H,29,33). The molecular weight excluding hydrogens is 465 g/mol. The number of rotatable bonds is 9. The quantitative estimate of drug-likeness (QED) is 0.549. The molecule has 4 rings (SSSR count). The van der Waals surface area contributed by atoms with E-state index in [9.17, 15) is 14.0 Å². The highest BCUT2D eigenvalue weighted by Crippen LogP contribution is 2.14. The van der Waals surface area contributed by atoms with Gasteiger partial charge in [0.2, 0.25) is 5.91 Å². The smallest absolute Gasteiger partial charge is 0.317 e. The van der Waals surface area contributed by atoms with Crippen molar-refractivity contribution in [1.29, 1.82) is 0 Å². The highest BCUT2D eigenvalue weighted by Gasteiger charge is 2.22. The Hall–Kier alpha value is -3.21. The van der Waals surface area contributed by atoms with Gasteiger partial charge in [-0.1, -0.05) is 12.1 Å². The van der Waals surface area contributed by atoms with E-state index in [1.807, 2.05) is 29.2 Å². The molecule has 2 N–H and O–H groups in total. The second-order valence-corrected chi connectivity index (χ2v) is 8.93. The third kappa shape index (κ3) is 8.18. The zero-order valence-electron chi connectivity index (χ0n) is 20.5. The summed E-state index contributed by atoms with van der Waals surface area (Å²) >= 11 is 0. The van der Waals surface area contributed by atoms with Crippen LogP contribution in [0, 0.1) is 5.82 Å². The Morgan fingerprint density at radius 3 is 2.44 bits per heavy atom. The minimum Gasteiger partial charge on any atom is -0.492 e. The van der Waals surface area contributed by atoms with Gasteiger partial charge < -0.3 is 25.0 Å². The number of benzene rings is 2. The maximum absolute atomic E-state index is 13.0. The van der Waals surface area contributed by atoms with Crippen molar-refractivity contribution in [2.24, 2.45) is 0 Å². The topological polar surface area (TPSA) is 86.4 Å². The van der Waals surface area contributed by atoms with Crippen molar-refractivity contribution in [2.45, 2.75) is 6.54 Å². The molecule has 2 heterocycles. The number of morpholine rings is 1. The third-order valence-corrected chi connectivity index (χ3v) is 6.28. The van der Waals surface area contributed by atoms with Gasteiger partial charge in [0, 0.05) is 58.0 Å². The molecule has 2 aliphatic rings.